The normalized spacial score (nSPS) is 21.2. The molecule has 0 amide bonds. The van der Waals surface area contributed by atoms with Gasteiger partial charge in [-0.25, -0.2) is 9.38 Å². The molecule has 3 aromatic rings. The predicted molar refractivity (Wildman–Crippen MR) is 100 cm³/mol. The number of nitrogens with zero attached hydrogens (tertiary/aromatic N) is 2. The number of nitrogens with one attached hydrogen (secondary N) is 1. The van der Waals surface area contributed by atoms with Gasteiger partial charge in [-0.05, 0) is 18.2 Å². The number of nitrogens with two attached hydrogens (primary N) is 1. The number of hydrogen-bond donors (Lipinski definition) is 3. The summed E-state index contributed by atoms with van der Waals surface area (Å²) >= 11 is 6.29. The molecule has 0 saturated carbocycles. The Kier molecular flexibility index (Phi) is 3.07. The molecule has 7 heteroatoms. The van der Waals surface area contributed by atoms with E-state index in [0.717, 1.165) is 11.1 Å². The molecule has 3 heterocycles. The number of benzene rings is 2. The smallest absolute Gasteiger partial charge is 0.200 e. The van der Waals surface area contributed by atoms with E-state index < -0.39 is 5.66 Å². The topological polar surface area (TPSA) is 75.6 Å². The summed E-state index contributed by atoms with van der Waals surface area (Å²) in [5.74, 6) is -0.0155. The fourth-order valence-corrected chi connectivity index (χ4v) is 4.41. The molecule has 1 spiro atoms. The number of amidine groups is 1. The van der Waals surface area contributed by atoms with Gasteiger partial charge in [-0.15, -0.1) is 0 Å². The van der Waals surface area contributed by atoms with Crippen molar-refractivity contribution in [1.82, 2.24) is 4.57 Å². The van der Waals surface area contributed by atoms with Crippen molar-refractivity contribution >= 4 is 33.9 Å². The van der Waals surface area contributed by atoms with Crippen molar-refractivity contribution in [3.05, 3.63) is 58.5 Å². The molecule has 5 rings (SSSR count). The van der Waals surface area contributed by atoms with E-state index in [4.69, 9.17) is 17.3 Å². The number of aliphatic imine (C=N–C) groups is 1. The van der Waals surface area contributed by atoms with Gasteiger partial charge in [0.25, 0.3) is 0 Å². The number of aromatic hydroxyl groups is 1. The molecule has 2 aliphatic rings. The zero-order valence-corrected chi connectivity index (χ0v) is 14.5. The van der Waals surface area contributed by atoms with Crippen molar-refractivity contribution in [2.24, 2.45) is 10.7 Å². The molecular formula is C19H16ClFN4O. The molecule has 0 saturated heterocycles. The van der Waals surface area contributed by atoms with Crippen LogP contribution in [0.4, 0.5) is 10.1 Å². The Labute approximate surface area is 153 Å². The Hall–Kier alpha value is -2.73. The van der Waals surface area contributed by atoms with Crippen molar-refractivity contribution in [3.63, 3.8) is 0 Å². The average molecular weight is 371 g/mol. The number of fused-ring (bicyclic) bond motifs is 4. The molecule has 5 nitrogen and oxygen atoms in total. The van der Waals surface area contributed by atoms with Crippen LogP contribution < -0.4 is 11.1 Å². The Morgan fingerprint density at radius 2 is 2.08 bits per heavy atom. The van der Waals surface area contributed by atoms with E-state index in [2.05, 4.69) is 10.3 Å². The van der Waals surface area contributed by atoms with Crippen molar-refractivity contribution in [1.29, 1.82) is 0 Å². The Morgan fingerprint density at radius 1 is 1.27 bits per heavy atom. The highest BCUT2D eigenvalue weighted by atomic mass is 35.5. The van der Waals surface area contributed by atoms with E-state index in [1.54, 1.807) is 12.1 Å². The average Bonchev–Trinajstić information content (AvgIpc) is 2.87. The summed E-state index contributed by atoms with van der Waals surface area (Å²) in [4.78, 5) is 4.63. The highest BCUT2D eigenvalue weighted by molar-refractivity contribution is 6.36. The van der Waals surface area contributed by atoms with Crippen molar-refractivity contribution in [2.45, 2.75) is 25.0 Å². The van der Waals surface area contributed by atoms with E-state index in [0.29, 0.717) is 41.0 Å². The summed E-state index contributed by atoms with van der Waals surface area (Å²) in [6, 6.07) is 10.4. The van der Waals surface area contributed by atoms with Gasteiger partial charge in [0.1, 0.15) is 17.3 Å². The molecule has 0 aliphatic carbocycles. The Balaban J connectivity index is 1.66. The second kappa shape index (κ2) is 5.14. The third-order valence-corrected chi connectivity index (χ3v) is 5.63. The lowest BCUT2D eigenvalue weighted by Gasteiger charge is -2.39. The number of aromatic nitrogens is 1. The van der Waals surface area contributed by atoms with Gasteiger partial charge in [0, 0.05) is 36.2 Å². The molecule has 0 bridgehead atoms. The lowest BCUT2D eigenvalue weighted by Crippen LogP contribution is -2.48. The molecule has 2 aliphatic heterocycles. The van der Waals surface area contributed by atoms with E-state index in [-0.39, 0.29) is 17.5 Å². The van der Waals surface area contributed by atoms with Crippen LogP contribution in [0, 0.1) is 5.82 Å². The molecule has 0 radical (unpaired) electrons. The summed E-state index contributed by atoms with van der Waals surface area (Å²) in [6.07, 6.45) is 1.13. The second-order valence-corrected chi connectivity index (χ2v) is 7.23. The zero-order valence-electron chi connectivity index (χ0n) is 13.8. The van der Waals surface area contributed by atoms with Crippen LogP contribution in [-0.4, -0.2) is 21.2 Å². The van der Waals surface area contributed by atoms with Crippen LogP contribution in [0.5, 0.6) is 5.88 Å². The fraction of sp³-hybridized carbons (Fsp3) is 0.211. The van der Waals surface area contributed by atoms with E-state index in [9.17, 15) is 9.50 Å². The van der Waals surface area contributed by atoms with Crippen LogP contribution >= 0.6 is 11.6 Å². The second-order valence-electron chi connectivity index (χ2n) is 6.83. The maximum Gasteiger partial charge on any atom is 0.200 e. The molecule has 132 valence electrons. The maximum absolute atomic E-state index is 14.1. The predicted octanol–water partition coefficient (Wildman–Crippen LogP) is 3.61. The molecule has 1 aromatic heterocycles. The van der Waals surface area contributed by atoms with Crippen LogP contribution in [0.2, 0.25) is 5.02 Å². The minimum atomic E-state index is -0.666. The van der Waals surface area contributed by atoms with Crippen molar-refractivity contribution < 1.29 is 9.50 Å². The van der Waals surface area contributed by atoms with E-state index in [1.807, 2.05) is 22.8 Å². The molecule has 4 N–H and O–H groups in total. The number of anilines is 1. The summed E-state index contributed by atoms with van der Waals surface area (Å²) in [5.41, 5.74) is 7.34. The first-order chi connectivity index (χ1) is 12.5. The standard InChI is InChI=1S/C19H16ClFN4O/c20-11-4-1-3-10-14-9-19(7-8-25(14)18(26)15(10)11)23-13-6-2-5-12(21)16(13)17(22)24-19/h1-6,23,26H,7-9H2,(H2,22,24)/t19-/m1/s1. The largest absolute Gasteiger partial charge is 0.494 e. The number of halogens is 2. The van der Waals surface area contributed by atoms with Gasteiger partial charge in [-0.3, -0.25) is 0 Å². The monoisotopic (exact) mass is 370 g/mol. The Morgan fingerprint density at radius 3 is 2.92 bits per heavy atom. The van der Waals surface area contributed by atoms with E-state index >= 15 is 0 Å². The van der Waals surface area contributed by atoms with Crippen molar-refractivity contribution in [2.75, 3.05) is 5.32 Å². The molecule has 26 heavy (non-hydrogen) atoms. The first-order valence-electron chi connectivity index (χ1n) is 8.40. The minimum Gasteiger partial charge on any atom is -0.494 e. The molecule has 0 fully saturated rings. The highest BCUT2D eigenvalue weighted by Crippen LogP contribution is 2.43. The van der Waals surface area contributed by atoms with Gasteiger partial charge < -0.3 is 20.7 Å². The quantitative estimate of drug-likeness (QED) is 0.565. The zero-order chi connectivity index (χ0) is 18.1. The third-order valence-electron chi connectivity index (χ3n) is 5.31. The molecule has 0 unspecified atom stereocenters. The van der Waals surface area contributed by atoms with Crippen LogP contribution in [0.25, 0.3) is 10.8 Å². The summed E-state index contributed by atoms with van der Waals surface area (Å²) in [6.45, 7) is 0.556. The van der Waals surface area contributed by atoms with E-state index in [1.165, 1.54) is 6.07 Å². The lowest BCUT2D eigenvalue weighted by molar-refractivity contribution is 0.331. The van der Waals surface area contributed by atoms with Crippen molar-refractivity contribution in [3.8, 4) is 5.88 Å². The van der Waals surface area contributed by atoms with Crippen LogP contribution in [0.3, 0.4) is 0 Å². The fourth-order valence-electron chi connectivity index (χ4n) is 4.15. The van der Waals surface area contributed by atoms with Gasteiger partial charge in [0.2, 0.25) is 5.88 Å². The molecular weight excluding hydrogens is 355 g/mol. The van der Waals surface area contributed by atoms with Crippen LogP contribution in [0.1, 0.15) is 17.7 Å². The first-order valence-corrected chi connectivity index (χ1v) is 8.78. The number of rotatable bonds is 0. The molecule has 2 aromatic carbocycles. The SMILES string of the molecule is NC1=N[C@@]2(CCn3c(c4cccc(Cl)c4c3O)C2)Nc2cccc(F)c21. The summed E-state index contributed by atoms with van der Waals surface area (Å²) in [5, 5.41) is 16.0. The van der Waals surface area contributed by atoms with Gasteiger partial charge in [0.05, 0.1) is 16.0 Å². The summed E-state index contributed by atoms with van der Waals surface area (Å²) in [7, 11) is 0. The highest BCUT2D eigenvalue weighted by Gasteiger charge is 2.40. The van der Waals surface area contributed by atoms with Gasteiger partial charge in [0.15, 0.2) is 0 Å². The minimum absolute atomic E-state index is 0.176. The van der Waals surface area contributed by atoms with Gasteiger partial charge in [-0.2, -0.15) is 0 Å². The Bertz CT molecular complexity index is 1110. The summed E-state index contributed by atoms with van der Waals surface area (Å²) < 4.78 is 16.0. The molecule has 1 atom stereocenters. The van der Waals surface area contributed by atoms with Crippen LogP contribution in [0.15, 0.2) is 41.4 Å². The maximum atomic E-state index is 14.1. The lowest BCUT2D eigenvalue weighted by atomic mass is 9.92. The third kappa shape index (κ3) is 1.99. The van der Waals surface area contributed by atoms with Gasteiger partial charge in [-0.1, -0.05) is 29.8 Å². The van der Waals surface area contributed by atoms with Crippen LogP contribution in [-0.2, 0) is 13.0 Å². The van der Waals surface area contributed by atoms with Gasteiger partial charge >= 0.3 is 0 Å². The number of hydrogen-bond acceptors (Lipinski definition) is 4. The first kappa shape index (κ1) is 15.5.